The maximum Gasteiger partial charge on any atom is 0.126 e. The number of halogens is 1. The van der Waals surface area contributed by atoms with E-state index in [9.17, 15) is 0 Å². The molecule has 1 aromatic rings. The molecule has 16 heavy (non-hydrogen) atoms. The average molecular weight is 238 g/mol. The summed E-state index contributed by atoms with van der Waals surface area (Å²) in [6, 6.07) is 2.12. The van der Waals surface area contributed by atoms with E-state index < -0.39 is 0 Å². The Morgan fingerprint density at radius 3 is 3.00 bits per heavy atom. The van der Waals surface area contributed by atoms with E-state index in [4.69, 9.17) is 22.1 Å². The molecule has 1 unspecified atom stereocenters. The molecule has 3 heteroatoms. The highest BCUT2D eigenvalue weighted by atomic mass is 35.5. The predicted molar refractivity (Wildman–Crippen MR) is 65.2 cm³/mol. The van der Waals surface area contributed by atoms with Crippen LogP contribution in [0.3, 0.4) is 0 Å². The van der Waals surface area contributed by atoms with E-state index in [-0.39, 0.29) is 6.04 Å². The zero-order valence-electron chi connectivity index (χ0n) is 9.42. The molecule has 2 nitrogen and oxygen atoms in total. The summed E-state index contributed by atoms with van der Waals surface area (Å²) in [6.07, 6.45) is 3.13. The number of ether oxygens (including phenoxy) is 1. The second kappa shape index (κ2) is 3.64. The van der Waals surface area contributed by atoms with Crippen molar-refractivity contribution in [1.82, 2.24) is 0 Å². The minimum atomic E-state index is 0.0770. The summed E-state index contributed by atoms with van der Waals surface area (Å²) in [7, 11) is 0. The lowest BCUT2D eigenvalue weighted by Gasteiger charge is -2.29. The van der Waals surface area contributed by atoms with Gasteiger partial charge in [-0.3, -0.25) is 0 Å². The Labute approximate surface area is 101 Å². The molecule has 0 amide bonds. The van der Waals surface area contributed by atoms with Crippen LogP contribution in [0.4, 0.5) is 0 Å². The third-order valence-corrected chi connectivity index (χ3v) is 4.09. The first-order valence-corrected chi connectivity index (χ1v) is 6.30. The molecule has 2 N–H and O–H groups in total. The molecule has 3 rings (SSSR count). The van der Waals surface area contributed by atoms with E-state index in [1.54, 1.807) is 0 Å². The third-order valence-electron chi connectivity index (χ3n) is 3.78. The summed E-state index contributed by atoms with van der Waals surface area (Å²) < 4.78 is 5.76. The number of benzene rings is 1. The number of hydrogen-bond acceptors (Lipinski definition) is 2. The van der Waals surface area contributed by atoms with Crippen molar-refractivity contribution in [3.63, 3.8) is 0 Å². The monoisotopic (exact) mass is 237 g/mol. The summed E-state index contributed by atoms with van der Waals surface area (Å²) in [5, 5.41) is 0.832. The quantitative estimate of drug-likeness (QED) is 0.752. The van der Waals surface area contributed by atoms with Crippen molar-refractivity contribution in [3.8, 4) is 5.75 Å². The van der Waals surface area contributed by atoms with Gasteiger partial charge in [0.05, 0.1) is 6.61 Å². The molecule has 0 saturated heterocycles. The molecule has 1 aromatic carbocycles. The predicted octanol–water partition coefficient (Wildman–Crippen LogP) is 3.17. The van der Waals surface area contributed by atoms with Gasteiger partial charge in [0.2, 0.25) is 0 Å². The molecule has 86 valence electrons. The van der Waals surface area contributed by atoms with Crippen molar-refractivity contribution in [1.29, 1.82) is 0 Å². The minimum absolute atomic E-state index is 0.0770. The molecule has 1 heterocycles. The molecule has 0 fully saturated rings. The molecule has 0 aromatic heterocycles. The third kappa shape index (κ3) is 1.36. The molecule has 2 atom stereocenters. The Morgan fingerprint density at radius 2 is 2.19 bits per heavy atom. The van der Waals surface area contributed by atoms with Crippen LogP contribution in [-0.2, 0) is 6.42 Å². The van der Waals surface area contributed by atoms with Gasteiger partial charge in [-0.2, -0.15) is 0 Å². The smallest absolute Gasteiger partial charge is 0.126 e. The first-order valence-electron chi connectivity index (χ1n) is 5.92. The first kappa shape index (κ1) is 10.4. The van der Waals surface area contributed by atoms with Crippen LogP contribution in [0, 0.1) is 0 Å². The molecule has 0 saturated carbocycles. The molecule has 0 bridgehead atoms. The highest BCUT2D eigenvalue weighted by molar-refractivity contribution is 6.31. The van der Waals surface area contributed by atoms with Gasteiger partial charge in [-0.1, -0.05) is 18.5 Å². The van der Waals surface area contributed by atoms with E-state index >= 15 is 0 Å². The van der Waals surface area contributed by atoms with Crippen LogP contribution in [0.15, 0.2) is 6.07 Å². The molecule has 1 aliphatic carbocycles. The van der Waals surface area contributed by atoms with Gasteiger partial charge < -0.3 is 10.5 Å². The molecular formula is C13H16ClNO. The van der Waals surface area contributed by atoms with Crippen LogP contribution in [0.2, 0.25) is 5.02 Å². The van der Waals surface area contributed by atoms with E-state index in [0.29, 0.717) is 5.92 Å². The Hall–Kier alpha value is -0.730. The number of fused-ring (bicyclic) bond motifs is 3. The van der Waals surface area contributed by atoms with Gasteiger partial charge in [0.25, 0.3) is 0 Å². The Morgan fingerprint density at radius 1 is 1.38 bits per heavy atom. The fraction of sp³-hybridized carbons (Fsp3) is 0.538. The zero-order valence-corrected chi connectivity index (χ0v) is 10.2. The highest BCUT2D eigenvalue weighted by Gasteiger charge is 2.31. The van der Waals surface area contributed by atoms with E-state index in [0.717, 1.165) is 42.2 Å². The Bertz CT molecular complexity index is 444. The molecule has 0 radical (unpaired) electrons. The second-order valence-electron chi connectivity index (χ2n) is 4.86. The average Bonchev–Trinajstić information content (AvgIpc) is 2.70. The second-order valence-corrected chi connectivity index (χ2v) is 5.26. The van der Waals surface area contributed by atoms with Crippen LogP contribution in [0.25, 0.3) is 0 Å². The van der Waals surface area contributed by atoms with Crippen LogP contribution < -0.4 is 10.5 Å². The normalized spacial score (nSPS) is 27.2. The van der Waals surface area contributed by atoms with Crippen molar-refractivity contribution in [2.45, 2.75) is 38.1 Å². The van der Waals surface area contributed by atoms with Gasteiger partial charge in [-0.15, -0.1) is 0 Å². The lowest BCUT2D eigenvalue weighted by molar-refractivity contribution is 0.346. The van der Waals surface area contributed by atoms with E-state index in [2.05, 4.69) is 6.92 Å². The number of hydrogen-bond donors (Lipinski definition) is 1. The van der Waals surface area contributed by atoms with Crippen molar-refractivity contribution in [2.24, 2.45) is 5.73 Å². The van der Waals surface area contributed by atoms with Crippen molar-refractivity contribution < 1.29 is 4.74 Å². The summed E-state index contributed by atoms with van der Waals surface area (Å²) in [5.74, 6) is 1.59. The SMILES string of the molecule is CC1CC[C@H](N)c2c(Cl)cc3c(c21)OCC3. The fourth-order valence-corrected chi connectivity index (χ4v) is 3.30. The van der Waals surface area contributed by atoms with Crippen LogP contribution in [0.5, 0.6) is 5.75 Å². The van der Waals surface area contributed by atoms with Crippen LogP contribution >= 0.6 is 11.6 Å². The van der Waals surface area contributed by atoms with Crippen LogP contribution in [0.1, 0.15) is 48.4 Å². The summed E-state index contributed by atoms with van der Waals surface area (Å²) >= 11 is 6.35. The standard InChI is InChI=1S/C13H16ClNO/c1-7-2-3-10(15)12-9(14)6-8-4-5-16-13(8)11(7)12/h6-7,10H,2-5,15H2,1H3/t7?,10-/m0/s1. The van der Waals surface area contributed by atoms with Gasteiger partial charge in [-0.25, -0.2) is 0 Å². The fourth-order valence-electron chi connectivity index (χ4n) is 2.92. The van der Waals surface area contributed by atoms with E-state index in [1.165, 1.54) is 11.1 Å². The Kier molecular flexibility index (Phi) is 2.37. The summed E-state index contributed by atoms with van der Waals surface area (Å²) in [5.41, 5.74) is 9.82. The largest absolute Gasteiger partial charge is 0.493 e. The molecular weight excluding hydrogens is 222 g/mol. The van der Waals surface area contributed by atoms with Crippen LogP contribution in [-0.4, -0.2) is 6.61 Å². The maximum atomic E-state index is 6.35. The first-order chi connectivity index (χ1) is 7.68. The van der Waals surface area contributed by atoms with Crippen molar-refractivity contribution in [3.05, 3.63) is 27.8 Å². The molecule has 1 aliphatic heterocycles. The minimum Gasteiger partial charge on any atom is -0.493 e. The maximum absolute atomic E-state index is 6.35. The Balaban J connectivity index is 2.27. The summed E-state index contributed by atoms with van der Waals surface area (Å²) in [6.45, 7) is 3.02. The van der Waals surface area contributed by atoms with Gasteiger partial charge >= 0.3 is 0 Å². The van der Waals surface area contributed by atoms with Gasteiger partial charge in [0.15, 0.2) is 0 Å². The van der Waals surface area contributed by atoms with Crippen molar-refractivity contribution in [2.75, 3.05) is 6.61 Å². The highest BCUT2D eigenvalue weighted by Crippen LogP contribution is 2.47. The van der Waals surface area contributed by atoms with Gasteiger partial charge in [0, 0.05) is 23.0 Å². The van der Waals surface area contributed by atoms with Gasteiger partial charge in [0.1, 0.15) is 5.75 Å². The molecule has 0 spiro atoms. The van der Waals surface area contributed by atoms with Crippen molar-refractivity contribution >= 4 is 11.6 Å². The topological polar surface area (TPSA) is 35.2 Å². The number of rotatable bonds is 0. The summed E-state index contributed by atoms with van der Waals surface area (Å²) in [4.78, 5) is 0. The van der Waals surface area contributed by atoms with E-state index in [1.807, 2.05) is 6.07 Å². The lowest BCUT2D eigenvalue weighted by Crippen LogP contribution is -2.20. The molecule has 2 aliphatic rings. The number of nitrogens with two attached hydrogens (primary N) is 1. The van der Waals surface area contributed by atoms with Gasteiger partial charge in [-0.05, 0) is 36.0 Å². The zero-order chi connectivity index (χ0) is 11.3. The lowest BCUT2D eigenvalue weighted by atomic mass is 9.80.